The van der Waals surface area contributed by atoms with E-state index in [9.17, 15) is 0 Å². The minimum absolute atomic E-state index is 0.531. The maximum absolute atomic E-state index is 5.91. The Morgan fingerprint density at radius 2 is 2.10 bits per heavy atom. The summed E-state index contributed by atoms with van der Waals surface area (Å²) in [5.74, 6) is 2.07. The van der Waals surface area contributed by atoms with Crippen LogP contribution in [-0.2, 0) is 0 Å². The van der Waals surface area contributed by atoms with Gasteiger partial charge < -0.3 is 9.64 Å². The number of ether oxygens (including phenoxy) is 1. The molecule has 3 atom stereocenters. The van der Waals surface area contributed by atoms with Crippen LogP contribution in [0.5, 0.6) is 5.88 Å². The third-order valence-electron chi connectivity index (χ3n) is 4.61. The Morgan fingerprint density at radius 1 is 1.20 bits per heavy atom. The van der Waals surface area contributed by atoms with Gasteiger partial charge in [0.25, 0.3) is 0 Å². The molecule has 1 aromatic heterocycles. The first kappa shape index (κ1) is 13.8. The summed E-state index contributed by atoms with van der Waals surface area (Å²) >= 11 is 0. The van der Waals surface area contributed by atoms with Crippen LogP contribution >= 0.6 is 0 Å². The molecule has 2 aliphatic heterocycles. The lowest BCUT2D eigenvalue weighted by molar-refractivity contribution is 0.279. The summed E-state index contributed by atoms with van der Waals surface area (Å²) in [5.41, 5.74) is 1.09. The highest BCUT2D eigenvalue weighted by atomic mass is 16.5. The van der Waals surface area contributed by atoms with Crippen molar-refractivity contribution in [2.24, 2.45) is 5.92 Å². The van der Waals surface area contributed by atoms with Crippen molar-refractivity contribution in [1.82, 2.24) is 14.9 Å². The van der Waals surface area contributed by atoms with Crippen molar-refractivity contribution in [2.75, 3.05) is 26.2 Å². The summed E-state index contributed by atoms with van der Waals surface area (Å²) in [6.45, 7) is 6.63. The van der Waals surface area contributed by atoms with Crippen molar-refractivity contribution >= 4 is 0 Å². The number of hydrogen-bond acceptors (Lipinski definition) is 4. The fourth-order valence-electron chi connectivity index (χ4n) is 3.49. The van der Waals surface area contributed by atoms with E-state index in [1.807, 2.05) is 0 Å². The maximum Gasteiger partial charge on any atom is 0.235 e. The van der Waals surface area contributed by atoms with Crippen molar-refractivity contribution in [3.8, 4) is 5.88 Å². The fourth-order valence-corrected chi connectivity index (χ4v) is 3.49. The van der Waals surface area contributed by atoms with Crippen LogP contribution in [-0.4, -0.2) is 41.1 Å². The molecule has 0 spiro atoms. The Kier molecular flexibility index (Phi) is 4.51. The van der Waals surface area contributed by atoms with Gasteiger partial charge >= 0.3 is 0 Å². The molecule has 2 fully saturated rings. The Labute approximate surface area is 121 Å². The van der Waals surface area contributed by atoms with Crippen LogP contribution in [0.2, 0.25) is 0 Å². The van der Waals surface area contributed by atoms with Gasteiger partial charge in [-0.3, -0.25) is 4.98 Å². The Bertz CT molecular complexity index is 437. The molecule has 0 aliphatic carbocycles. The summed E-state index contributed by atoms with van der Waals surface area (Å²) in [7, 11) is 0. The molecular formula is C16H25N3O. The summed E-state index contributed by atoms with van der Waals surface area (Å²) < 4.78 is 5.91. The maximum atomic E-state index is 5.91. The third kappa shape index (κ3) is 2.95. The van der Waals surface area contributed by atoms with Crippen LogP contribution in [0.25, 0.3) is 0 Å². The molecule has 2 saturated heterocycles. The van der Waals surface area contributed by atoms with Crippen molar-refractivity contribution < 1.29 is 4.74 Å². The van der Waals surface area contributed by atoms with Crippen LogP contribution in [0.15, 0.2) is 12.4 Å². The molecule has 20 heavy (non-hydrogen) atoms. The number of unbranched alkanes of at least 4 members (excludes halogenated alkanes) is 3. The molecular weight excluding hydrogens is 250 g/mol. The smallest absolute Gasteiger partial charge is 0.235 e. The number of fused-ring (bicyclic) bond motifs is 2. The first-order valence-electron chi connectivity index (χ1n) is 8.04. The minimum atomic E-state index is 0.531. The average Bonchev–Trinajstić information content (AvgIpc) is 3.10. The zero-order valence-electron chi connectivity index (χ0n) is 12.4. The van der Waals surface area contributed by atoms with Crippen LogP contribution < -0.4 is 4.74 Å². The molecule has 2 unspecified atom stereocenters. The molecule has 4 nitrogen and oxygen atoms in total. The van der Waals surface area contributed by atoms with Crippen molar-refractivity contribution in [1.29, 1.82) is 0 Å². The number of hydrogen-bond donors (Lipinski definition) is 0. The molecule has 0 saturated carbocycles. The number of nitrogens with zero attached hydrogens (tertiary/aromatic N) is 3. The van der Waals surface area contributed by atoms with Gasteiger partial charge in [-0.05, 0) is 25.3 Å². The first-order chi connectivity index (χ1) is 9.88. The lowest BCUT2D eigenvalue weighted by Gasteiger charge is -2.22. The van der Waals surface area contributed by atoms with Gasteiger partial charge in [-0.2, -0.15) is 0 Å². The summed E-state index contributed by atoms with van der Waals surface area (Å²) in [6.07, 6.45) is 9.76. The fraction of sp³-hybridized carbons (Fsp3) is 0.750. The lowest BCUT2D eigenvalue weighted by atomic mass is 9.90. The van der Waals surface area contributed by atoms with E-state index in [0.29, 0.717) is 5.92 Å². The molecule has 110 valence electrons. The van der Waals surface area contributed by atoms with Gasteiger partial charge in [-0.25, -0.2) is 4.98 Å². The topological polar surface area (TPSA) is 38.3 Å². The second-order valence-corrected chi connectivity index (χ2v) is 6.07. The van der Waals surface area contributed by atoms with E-state index < -0.39 is 0 Å². The molecule has 2 bridgehead atoms. The molecule has 3 heterocycles. The molecule has 1 aromatic rings. The average molecular weight is 275 g/mol. The van der Waals surface area contributed by atoms with E-state index >= 15 is 0 Å². The highest BCUT2D eigenvalue weighted by Gasteiger charge is 2.40. The van der Waals surface area contributed by atoms with Gasteiger partial charge in [0.2, 0.25) is 5.88 Å². The number of piperidine rings is 1. The standard InChI is InChI=1S/C16H25N3O/c1-2-3-4-5-10-20-16-15(17-7-8-18-16)14-12-19-9-6-13(14)11-19/h7-8,13-14H,2-6,9-12H2,1H3/t13?,14-/m1/s1. The van der Waals surface area contributed by atoms with E-state index in [2.05, 4.69) is 21.8 Å². The predicted octanol–water partition coefficient (Wildman–Crippen LogP) is 2.85. The van der Waals surface area contributed by atoms with Crippen molar-refractivity contribution in [3.05, 3.63) is 18.1 Å². The molecule has 0 aromatic carbocycles. The van der Waals surface area contributed by atoms with Gasteiger partial charge in [0.05, 0.1) is 6.61 Å². The number of aromatic nitrogens is 2. The molecule has 4 heteroatoms. The molecule has 0 N–H and O–H groups in total. The predicted molar refractivity (Wildman–Crippen MR) is 79.0 cm³/mol. The van der Waals surface area contributed by atoms with Crippen molar-refractivity contribution in [2.45, 2.75) is 44.9 Å². The SMILES string of the molecule is CCCCCCOc1nccnc1[C@@H]1CN2CCC1C2. The van der Waals surface area contributed by atoms with E-state index in [4.69, 9.17) is 4.74 Å². The van der Waals surface area contributed by atoms with Gasteiger partial charge in [-0.1, -0.05) is 26.2 Å². The Morgan fingerprint density at radius 3 is 2.85 bits per heavy atom. The Balaban J connectivity index is 1.60. The normalized spacial score (nSPS) is 27.9. The van der Waals surface area contributed by atoms with Gasteiger partial charge in [0.15, 0.2) is 0 Å². The lowest BCUT2D eigenvalue weighted by Crippen LogP contribution is -2.23. The van der Waals surface area contributed by atoms with Crippen LogP contribution in [0.1, 0.15) is 50.6 Å². The van der Waals surface area contributed by atoms with E-state index in [0.717, 1.165) is 37.1 Å². The summed E-state index contributed by atoms with van der Waals surface area (Å²) in [6, 6.07) is 0. The van der Waals surface area contributed by atoms with Crippen LogP contribution in [0.4, 0.5) is 0 Å². The van der Waals surface area contributed by atoms with Gasteiger partial charge in [0, 0.05) is 31.4 Å². The van der Waals surface area contributed by atoms with E-state index in [-0.39, 0.29) is 0 Å². The third-order valence-corrected chi connectivity index (χ3v) is 4.61. The largest absolute Gasteiger partial charge is 0.476 e. The Hall–Kier alpha value is -1.16. The highest BCUT2D eigenvalue weighted by molar-refractivity contribution is 5.25. The van der Waals surface area contributed by atoms with Gasteiger partial charge in [-0.15, -0.1) is 0 Å². The second-order valence-electron chi connectivity index (χ2n) is 6.07. The monoisotopic (exact) mass is 275 g/mol. The molecule has 0 amide bonds. The highest BCUT2D eigenvalue weighted by Crippen LogP contribution is 2.41. The summed E-state index contributed by atoms with van der Waals surface area (Å²) in [4.78, 5) is 11.5. The first-order valence-corrected chi connectivity index (χ1v) is 8.04. The quantitative estimate of drug-likeness (QED) is 0.717. The molecule has 0 radical (unpaired) electrons. The zero-order valence-corrected chi connectivity index (χ0v) is 12.4. The van der Waals surface area contributed by atoms with Crippen LogP contribution in [0.3, 0.4) is 0 Å². The molecule has 2 aliphatic rings. The zero-order chi connectivity index (χ0) is 13.8. The van der Waals surface area contributed by atoms with Crippen LogP contribution in [0, 0.1) is 5.92 Å². The van der Waals surface area contributed by atoms with E-state index in [1.165, 1.54) is 38.8 Å². The minimum Gasteiger partial charge on any atom is -0.476 e. The summed E-state index contributed by atoms with van der Waals surface area (Å²) in [5, 5.41) is 0. The van der Waals surface area contributed by atoms with Gasteiger partial charge in [0.1, 0.15) is 5.69 Å². The number of rotatable bonds is 7. The second kappa shape index (κ2) is 6.53. The van der Waals surface area contributed by atoms with Crippen molar-refractivity contribution in [3.63, 3.8) is 0 Å². The molecule has 3 rings (SSSR count). The van der Waals surface area contributed by atoms with E-state index in [1.54, 1.807) is 12.4 Å².